The van der Waals surface area contributed by atoms with Gasteiger partial charge in [-0.1, -0.05) is 61.1 Å². The first-order chi connectivity index (χ1) is 23.6. The minimum atomic E-state index is -0.837. The van der Waals surface area contributed by atoms with Gasteiger partial charge in [-0.3, -0.25) is 9.36 Å². The van der Waals surface area contributed by atoms with Crippen molar-refractivity contribution in [3.63, 3.8) is 0 Å². The molecule has 0 saturated heterocycles. The van der Waals surface area contributed by atoms with Crippen LogP contribution in [0, 0.1) is 6.92 Å². The fraction of sp³-hybridized carbons (Fsp3) is 0.282. The lowest BCUT2D eigenvalue weighted by Crippen LogP contribution is -2.40. The summed E-state index contributed by atoms with van der Waals surface area (Å²) in [5.74, 6) is 0.716. The van der Waals surface area contributed by atoms with E-state index in [0.29, 0.717) is 55.4 Å². The molecule has 9 nitrogen and oxygen atoms in total. The molecule has 5 aromatic rings. The van der Waals surface area contributed by atoms with Gasteiger partial charge in [-0.2, -0.15) is 0 Å². The first-order valence-corrected chi connectivity index (χ1v) is 17.2. The van der Waals surface area contributed by atoms with E-state index >= 15 is 0 Å². The molecule has 0 bridgehead atoms. The number of carbonyl (C=O) groups is 2. The van der Waals surface area contributed by atoms with Crippen molar-refractivity contribution in [3.05, 3.63) is 120 Å². The van der Waals surface area contributed by atoms with Gasteiger partial charge in [0.25, 0.3) is 5.56 Å². The van der Waals surface area contributed by atoms with E-state index in [4.69, 9.17) is 23.6 Å². The SMILES string of the molecule is CCCC1=C(C(=O)OCC)[C@@H](c2c(OC)ccc3ccccc23)n2c(s/c(=C/c3ccc(-c4ccc(C(=O)OC(C)C)cc4C)o3)c2=O)=N1. The molecule has 252 valence electrons. The molecular formula is C39H38N2O7S. The van der Waals surface area contributed by atoms with Crippen molar-refractivity contribution >= 4 is 40.1 Å². The average Bonchev–Trinajstić information content (AvgIpc) is 3.67. The molecule has 3 heterocycles. The zero-order chi connectivity index (χ0) is 34.8. The Morgan fingerprint density at radius 3 is 2.55 bits per heavy atom. The minimum Gasteiger partial charge on any atom is -0.496 e. The quantitative estimate of drug-likeness (QED) is 0.148. The van der Waals surface area contributed by atoms with E-state index in [1.165, 1.54) is 11.3 Å². The van der Waals surface area contributed by atoms with Crippen molar-refractivity contribution in [2.45, 2.75) is 59.6 Å². The number of rotatable bonds is 10. The second-order valence-corrected chi connectivity index (χ2v) is 13.0. The minimum absolute atomic E-state index is 0.177. The summed E-state index contributed by atoms with van der Waals surface area (Å²) in [4.78, 5) is 45.9. The van der Waals surface area contributed by atoms with Crippen LogP contribution in [0.3, 0.4) is 0 Å². The van der Waals surface area contributed by atoms with Crippen molar-refractivity contribution < 1.29 is 28.2 Å². The van der Waals surface area contributed by atoms with E-state index in [1.807, 2.05) is 76.2 Å². The maximum atomic E-state index is 14.4. The van der Waals surface area contributed by atoms with E-state index in [1.54, 1.807) is 42.9 Å². The van der Waals surface area contributed by atoms with Crippen LogP contribution in [-0.4, -0.2) is 36.3 Å². The number of hydrogen-bond donors (Lipinski definition) is 0. The van der Waals surface area contributed by atoms with Gasteiger partial charge in [-0.15, -0.1) is 0 Å². The Kier molecular flexibility index (Phi) is 9.69. The standard InChI is InChI=1S/C39H38N2O7S/c1-7-11-29-34(38(44)46-8-2)35(33-28-13-10-9-12-24(28)15-18-31(33)45-6)41-36(42)32(49-39(41)40-29)21-26-16-19-30(48-26)27-17-14-25(20-23(27)5)37(43)47-22(3)4/h9-10,12-22,35H,7-8,11H2,1-6H3/b32-21+/t35-/m1/s1. The zero-order valence-electron chi connectivity index (χ0n) is 28.4. The second-order valence-electron chi connectivity index (χ2n) is 12.0. The molecule has 0 aliphatic carbocycles. The summed E-state index contributed by atoms with van der Waals surface area (Å²) in [5, 5.41) is 1.80. The van der Waals surface area contributed by atoms with Gasteiger partial charge in [0.1, 0.15) is 23.3 Å². The van der Waals surface area contributed by atoms with Crippen LogP contribution < -0.4 is 19.6 Å². The number of carbonyl (C=O) groups excluding carboxylic acids is 2. The fourth-order valence-electron chi connectivity index (χ4n) is 6.18. The van der Waals surface area contributed by atoms with Crippen LogP contribution in [0.15, 0.2) is 92.2 Å². The van der Waals surface area contributed by atoms with Gasteiger partial charge in [0.15, 0.2) is 4.80 Å². The summed E-state index contributed by atoms with van der Waals surface area (Å²) in [6, 6.07) is 19.8. The number of thiazole rings is 1. The molecule has 0 radical (unpaired) electrons. The number of ether oxygens (including phenoxy) is 3. The Morgan fingerprint density at radius 2 is 1.84 bits per heavy atom. The molecule has 3 aromatic carbocycles. The number of methoxy groups -OCH3 is 1. The number of hydrogen-bond acceptors (Lipinski definition) is 9. The molecule has 6 rings (SSSR count). The van der Waals surface area contributed by atoms with E-state index in [0.717, 1.165) is 28.3 Å². The highest BCUT2D eigenvalue weighted by Gasteiger charge is 2.37. The zero-order valence-corrected chi connectivity index (χ0v) is 29.2. The van der Waals surface area contributed by atoms with Crippen LogP contribution in [0.4, 0.5) is 0 Å². The monoisotopic (exact) mass is 678 g/mol. The molecule has 0 amide bonds. The number of aryl methyl sites for hydroxylation is 1. The molecule has 0 fully saturated rings. The van der Waals surface area contributed by atoms with Crippen molar-refractivity contribution in [2.24, 2.45) is 4.99 Å². The van der Waals surface area contributed by atoms with Crippen LogP contribution in [-0.2, 0) is 14.3 Å². The highest BCUT2D eigenvalue weighted by molar-refractivity contribution is 7.07. The van der Waals surface area contributed by atoms with Crippen LogP contribution in [0.25, 0.3) is 28.2 Å². The van der Waals surface area contributed by atoms with Crippen LogP contribution in [0.1, 0.15) is 73.8 Å². The first kappa shape index (κ1) is 33.7. The van der Waals surface area contributed by atoms with E-state index in [2.05, 4.69) is 0 Å². The number of benzene rings is 3. The Morgan fingerprint density at radius 1 is 1.04 bits per heavy atom. The maximum absolute atomic E-state index is 14.4. The van der Waals surface area contributed by atoms with Gasteiger partial charge in [-0.05, 0) is 80.8 Å². The van der Waals surface area contributed by atoms with Crippen molar-refractivity contribution in [2.75, 3.05) is 13.7 Å². The third-order valence-electron chi connectivity index (χ3n) is 8.29. The van der Waals surface area contributed by atoms with Gasteiger partial charge in [0.05, 0.1) is 41.2 Å². The molecule has 49 heavy (non-hydrogen) atoms. The number of aromatic nitrogens is 1. The number of nitrogens with zero attached hydrogens (tertiary/aromatic N) is 2. The van der Waals surface area contributed by atoms with Crippen molar-refractivity contribution in [1.29, 1.82) is 0 Å². The predicted molar refractivity (Wildman–Crippen MR) is 190 cm³/mol. The lowest BCUT2D eigenvalue weighted by Gasteiger charge is -2.28. The van der Waals surface area contributed by atoms with Crippen LogP contribution in [0.5, 0.6) is 5.75 Å². The topological polar surface area (TPSA) is 109 Å². The highest BCUT2D eigenvalue weighted by Crippen LogP contribution is 2.41. The van der Waals surface area contributed by atoms with Crippen LogP contribution in [0.2, 0.25) is 0 Å². The van der Waals surface area contributed by atoms with Crippen molar-refractivity contribution in [1.82, 2.24) is 4.57 Å². The molecule has 0 saturated carbocycles. The summed E-state index contributed by atoms with van der Waals surface area (Å²) in [7, 11) is 1.58. The lowest BCUT2D eigenvalue weighted by molar-refractivity contribution is -0.139. The van der Waals surface area contributed by atoms with Gasteiger partial charge >= 0.3 is 11.9 Å². The lowest BCUT2D eigenvalue weighted by atomic mass is 9.90. The number of allylic oxidation sites excluding steroid dienone is 1. The van der Waals surface area contributed by atoms with Gasteiger partial charge < -0.3 is 18.6 Å². The first-order valence-electron chi connectivity index (χ1n) is 16.3. The number of esters is 2. The molecule has 1 aliphatic heterocycles. The van der Waals surface area contributed by atoms with Crippen LogP contribution >= 0.6 is 11.3 Å². The number of fused-ring (bicyclic) bond motifs is 2. The Labute approximate surface area is 287 Å². The smallest absolute Gasteiger partial charge is 0.338 e. The Balaban J connectivity index is 1.50. The maximum Gasteiger partial charge on any atom is 0.338 e. The Hall–Kier alpha value is -5.22. The largest absolute Gasteiger partial charge is 0.496 e. The van der Waals surface area contributed by atoms with Gasteiger partial charge in [-0.25, -0.2) is 14.6 Å². The fourth-order valence-corrected chi connectivity index (χ4v) is 7.18. The Bertz CT molecular complexity index is 2290. The third kappa shape index (κ3) is 6.48. The molecule has 2 aromatic heterocycles. The molecule has 10 heteroatoms. The van der Waals surface area contributed by atoms with Crippen molar-refractivity contribution in [3.8, 4) is 17.1 Å². The van der Waals surface area contributed by atoms with Gasteiger partial charge in [0, 0.05) is 17.2 Å². The summed E-state index contributed by atoms with van der Waals surface area (Å²) in [6.45, 7) is 9.48. The molecule has 0 N–H and O–H groups in total. The summed E-state index contributed by atoms with van der Waals surface area (Å²) >= 11 is 1.24. The molecule has 1 atom stereocenters. The average molecular weight is 679 g/mol. The summed E-state index contributed by atoms with van der Waals surface area (Å²) < 4.78 is 25.0. The normalized spacial score (nSPS) is 14.6. The second kappa shape index (κ2) is 14.1. The molecule has 1 aliphatic rings. The number of furan rings is 1. The summed E-state index contributed by atoms with van der Waals surface area (Å²) in [5.41, 5.74) is 3.41. The molecular weight excluding hydrogens is 641 g/mol. The van der Waals surface area contributed by atoms with Gasteiger partial charge in [0.2, 0.25) is 0 Å². The summed E-state index contributed by atoms with van der Waals surface area (Å²) in [6.07, 6.45) is 2.75. The molecule has 0 unspecified atom stereocenters. The van der Waals surface area contributed by atoms with E-state index in [-0.39, 0.29) is 24.2 Å². The third-order valence-corrected chi connectivity index (χ3v) is 9.27. The molecule has 0 spiro atoms. The predicted octanol–water partition coefficient (Wildman–Crippen LogP) is 6.87. The highest BCUT2D eigenvalue weighted by atomic mass is 32.1. The van der Waals surface area contributed by atoms with E-state index < -0.39 is 12.0 Å². The van der Waals surface area contributed by atoms with E-state index in [9.17, 15) is 14.4 Å².